The van der Waals surface area contributed by atoms with Gasteiger partial charge in [0, 0.05) is 17.0 Å². The average molecular weight is 402 g/mol. The number of rotatable bonds is 7. The van der Waals surface area contributed by atoms with E-state index < -0.39 is 6.36 Å². The molecule has 0 amide bonds. The van der Waals surface area contributed by atoms with Gasteiger partial charge in [-0.3, -0.25) is 0 Å². The molecule has 1 atom stereocenters. The summed E-state index contributed by atoms with van der Waals surface area (Å²) in [7, 11) is 0. The molecule has 150 valence electrons. The van der Waals surface area contributed by atoms with Crippen LogP contribution in [0.1, 0.15) is 24.8 Å². The van der Waals surface area contributed by atoms with E-state index in [2.05, 4.69) is 31.8 Å². The van der Waals surface area contributed by atoms with Gasteiger partial charge in [-0.2, -0.15) is 0 Å². The third-order valence-corrected chi connectivity index (χ3v) is 4.29. The van der Waals surface area contributed by atoms with E-state index in [0.717, 1.165) is 17.5 Å². The first kappa shape index (κ1) is 20.2. The van der Waals surface area contributed by atoms with Gasteiger partial charge in [-0.15, -0.1) is 18.3 Å². The highest BCUT2D eigenvalue weighted by Crippen LogP contribution is 2.25. The van der Waals surface area contributed by atoms with Gasteiger partial charge < -0.3 is 4.74 Å². The van der Waals surface area contributed by atoms with Gasteiger partial charge in [0.15, 0.2) is 5.82 Å². The number of hydrogen-bond donors (Lipinski definition) is 0. The lowest BCUT2D eigenvalue weighted by atomic mass is 9.97. The van der Waals surface area contributed by atoms with Gasteiger partial charge in [-0.1, -0.05) is 36.3 Å². The van der Waals surface area contributed by atoms with Crippen molar-refractivity contribution < 1.29 is 17.9 Å². The Morgan fingerprint density at radius 1 is 1.14 bits per heavy atom. The zero-order chi connectivity index (χ0) is 20.9. The van der Waals surface area contributed by atoms with Crippen LogP contribution in [0.15, 0.2) is 60.0 Å². The molecular formula is C19H17F3N6O. The summed E-state index contributed by atoms with van der Waals surface area (Å²) in [5.74, 6) is 0.443. The Labute approximate surface area is 164 Å². The SMILES string of the molecule is CC(CCN=[N+]=[N-])c1ccc(-c2ncn(-c3ccc(OC(F)(F)F)cc3)n2)cc1. The number of benzene rings is 2. The maximum atomic E-state index is 12.2. The van der Waals surface area contributed by atoms with Crippen LogP contribution in [0.5, 0.6) is 5.75 Å². The molecule has 0 saturated carbocycles. The van der Waals surface area contributed by atoms with Crippen LogP contribution in [-0.2, 0) is 0 Å². The summed E-state index contributed by atoms with van der Waals surface area (Å²) in [4.78, 5) is 7.02. The number of ether oxygens (including phenoxy) is 1. The molecule has 3 aromatic rings. The number of azide groups is 1. The lowest BCUT2D eigenvalue weighted by molar-refractivity contribution is -0.274. The Kier molecular flexibility index (Phi) is 6.04. The van der Waals surface area contributed by atoms with Crippen molar-refractivity contribution >= 4 is 0 Å². The van der Waals surface area contributed by atoms with Gasteiger partial charge in [-0.05, 0) is 47.7 Å². The van der Waals surface area contributed by atoms with E-state index in [1.807, 2.05) is 24.3 Å². The third kappa shape index (κ3) is 5.49. The topological polar surface area (TPSA) is 88.7 Å². The molecule has 0 aliphatic heterocycles. The van der Waals surface area contributed by atoms with Gasteiger partial charge in [-0.25, -0.2) is 9.67 Å². The normalized spacial score (nSPS) is 12.3. The highest BCUT2D eigenvalue weighted by Gasteiger charge is 2.31. The fourth-order valence-corrected chi connectivity index (χ4v) is 2.74. The highest BCUT2D eigenvalue weighted by atomic mass is 19.4. The maximum absolute atomic E-state index is 12.2. The second-order valence-electron chi connectivity index (χ2n) is 6.32. The summed E-state index contributed by atoms with van der Waals surface area (Å²) in [6.45, 7) is 2.50. The minimum absolute atomic E-state index is 0.248. The molecule has 1 unspecified atom stereocenters. The zero-order valence-corrected chi connectivity index (χ0v) is 15.4. The van der Waals surface area contributed by atoms with E-state index in [4.69, 9.17) is 5.53 Å². The number of alkyl halides is 3. The van der Waals surface area contributed by atoms with Gasteiger partial charge in [0.05, 0.1) is 5.69 Å². The van der Waals surface area contributed by atoms with Crippen LogP contribution in [0.25, 0.3) is 27.5 Å². The van der Waals surface area contributed by atoms with Crippen molar-refractivity contribution in [3.05, 3.63) is 70.9 Å². The van der Waals surface area contributed by atoms with Crippen LogP contribution in [0.4, 0.5) is 13.2 Å². The average Bonchev–Trinajstić information content (AvgIpc) is 3.18. The minimum atomic E-state index is -4.73. The van der Waals surface area contributed by atoms with Crippen molar-refractivity contribution in [1.29, 1.82) is 0 Å². The number of nitrogens with zero attached hydrogens (tertiary/aromatic N) is 6. The molecule has 0 aliphatic rings. The van der Waals surface area contributed by atoms with E-state index in [0.29, 0.717) is 18.1 Å². The molecule has 0 N–H and O–H groups in total. The van der Waals surface area contributed by atoms with E-state index >= 15 is 0 Å². The van der Waals surface area contributed by atoms with Crippen molar-refractivity contribution in [2.45, 2.75) is 25.6 Å². The minimum Gasteiger partial charge on any atom is -0.406 e. The lowest BCUT2D eigenvalue weighted by Crippen LogP contribution is -2.17. The molecule has 3 rings (SSSR count). The van der Waals surface area contributed by atoms with Crippen LogP contribution in [0.2, 0.25) is 0 Å². The summed E-state index contributed by atoms with van der Waals surface area (Å²) < 4.78 is 42.1. The zero-order valence-electron chi connectivity index (χ0n) is 15.4. The molecule has 2 aromatic carbocycles. The number of aromatic nitrogens is 3. The Bertz CT molecular complexity index is 992. The number of hydrogen-bond acceptors (Lipinski definition) is 4. The molecule has 0 bridgehead atoms. The second kappa shape index (κ2) is 8.66. The molecule has 1 heterocycles. The Morgan fingerprint density at radius 3 is 2.45 bits per heavy atom. The van der Waals surface area contributed by atoms with Crippen molar-refractivity contribution in [2.75, 3.05) is 6.54 Å². The fraction of sp³-hybridized carbons (Fsp3) is 0.263. The van der Waals surface area contributed by atoms with Crippen molar-refractivity contribution in [2.24, 2.45) is 5.11 Å². The first-order valence-corrected chi connectivity index (χ1v) is 8.75. The van der Waals surface area contributed by atoms with Crippen molar-refractivity contribution in [3.8, 4) is 22.8 Å². The van der Waals surface area contributed by atoms with E-state index in [-0.39, 0.29) is 11.7 Å². The Balaban J connectivity index is 1.70. The van der Waals surface area contributed by atoms with Gasteiger partial charge in [0.2, 0.25) is 0 Å². The summed E-state index contributed by atoms with van der Waals surface area (Å²) in [5.41, 5.74) is 10.8. The number of halogens is 3. The van der Waals surface area contributed by atoms with Crippen molar-refractivity contribution in [3.63, 3.8) is 0 Å². The predicted octanol–water partition coefficient (Wildman–Crippen LogP) is 5.64. The molecular weight excluding hydrogens is 385 g/mol. The maximum Gasteiger partial charge on any atom is 0.573 e. The summed E-state index contributed by atoms with van der Waals surface area (Å²) >= 11 is 0. The fourth-order valence-electron chi connectivity index (χ4n) is 2.74. The monoisotopic (exact) mass is 402 g/mol. The van der Waals surface area contributed by atoms with E-state index in [1.165, 1.54) is 35.3 Å². The molecule has 10 heteroatoms. The third-order valence-electron chi connectivity index (χ3n) is 4.29. The Hall–Kier alpha value is -3.52. The van der Waals surface area contributed by atoms with Gasteiger partial charge in [0.25, 0.3) is 0 Å². The molecule has 0 saturated heterocycles. The first-order chi connectivity index (χ1) is 13.9. The lowest BCUT2D eigenvalue weighted by Gasteiger charge is -2.10. The molecule has 0 aliphatic carbocycles. The molecule has 29 heavy (non-hydrogen) atoms. The molecule has 0 spiro atoms. The largest absolute Gasteiger partial charge is 0.573 e. The van der Waals surface area contributed by atoms with Crippen LogP contribution >= 0.6 is 0 Å². The summed E-state index contributed by atoms with van der Waals surface area (Å²) in [6.07, 6.45) is -2.48. The Morgan fingerprint density at radius 2 is 1.83 bits per heavy atom. The summed E-state index contributed by atoms with van der Waals surface area (Å²) in [5, 5.41) is 7.93. The van der Waals surface area contributed by atoms with E-state index in [1.54, 1.807) is 0 Å². The highest BCUT2D eigenvalue weighted by molar-refractivity contribution is 5.55. The van der Waals surface area contributed by atoms with Crippen molar-refractivity contribution in [1.82, 2.24) is 14.8 Å². The smallest absolute Gasteiger partial charge is 0.406 e. The molecule has 1 aromatic heterocycles. The quantitative estimate of drug-likeness (QED) is 0.291. The molecule has 7 nitrogen and oxygen atoms in total. The first-order valence-electron chi connectivity index (χ1n) is 8.75. The van der Waals surface area contributed by atoms with Gasteiger partial charge >= 0.3 is 6.36 Å². The van der Waals surface area contributed by atoms with Crippen LogP contribution in [0.3, 0.4) is 0 Å². The van der Waals surface area contributed by atoms with E-state index in [9.17, 15) is 13.2 Å². The predicted molar refractivity (Wildman–Crippen MR) is 101 cm³/mol. The molecule has 0 radical (unpaired) electrons. The van der Waals surface area contributed by atoms with Crippen LogP contribution < -0.4 is 4.74 Å². The standard InChI is InChI=1S/C19H17F3N6O/c1-13(10-11-25-27-23)14-2-4-15(5-3-14)18-24-12-28(26-18)16-6-8-17(9-7-16)29-19(20,21)22/h2-9,12-13H,10-11H2,1H3. The second-order valence-corrected chi connectivity index (χ2v) is 6.32. The van der Waals surface area contributed by atoms with Crippen LogP contribution in [-0.4, -0.2) is 27.7 Å². The van der Waals surface area contributed by atoms with Gasteiger partial charge in [0.1, 0.15) is 12.1 Å². The van der Waals surface area contributed by atoms with Crippen LogP contribution in [0, 0.1) is 0 Å². The summed E-state index contributed by atoms with van der Waals surface area (Å²) in [6, 6.07) is 13.1. The molecule has 0 fully saturated rings.